The van der Waals surface area contributed by atoms with E-state index in [0.717, 1.165) is 4.90 Å². The van der Waals surface area contributed by atoms with E-state index in [4.69, 9.17) is 4.74 Å². The largest absolute Gasteiger partial charge is 0.501 e. The summed E-state index contributed by atoms with van der Waals surface area (Å²) in [6.07, 6.45) is 1.53. The van der Waals surface area contributed by atoms with Gasteiger partial charge in [-0.05, 0) is 0 Å². The Morgan fingerprint density at radius 2 is 2.00 bits per heavy atom. The number of fused-ring (bicyclic) bond motifs is 2. The minimum absolute atomic E-state index is 0.0514. The van der Waals surface area contributed by atoms with Crippen molar-refractivity contribution in [3.05, 3.63) is 32.1 Å². The average Bonchev–Trinajstić information content (AvgIpc) is 2.26. The molecule has 0 radical (unpaired) electrons. The minimum Gasteiger partial charge on any atom is -0.501 e. The molecule has 0 saturated carbocycles. The van der Waals surface area contributed by atoms with Crippen LogP contribution in [-0.4, -0.2) is 48.2 Å². The third kappa shape index (κ3) is 1.72. The van der Waals surface area contributed by atoms with E-state index in [1.54, 1.807) is 7.05 Å². The van der Waals surface area contributed by atoms with E-state index in [1.165, 1.54) is 13.2 Å². The maximum Gasteiger partial charge on any atom is 0.298 e. The molecule has 8 nitrogen and oxygen atoms in total. The Bertz CT molecular complexity index is 437. The van der Waals surface area contributed by atoms with Crippen molar-refractivity contribution in [1.29, 1.82) is 0 Å². The zero-order chi connectivity index (χ0) is 13.6. The van der Waals surface area contributed by atoms with Gasteiger partial charge in [-0.1, -0.05) is 0 Å². The van der Waals surface area contributed by atoms with Crippen LogP contribution in [0.3, 0.4) is 0 Å². The van der Waals surface area contributed by atoms with E-state index >= 15 is 0 Å². The lowest BCUT2D eigenvalue weighted by Crippen LogP contribution is -3.15. The standard InChI is InChI=1S/C10H15N3O5/c1-11-6-9(12(14)15)3-8(18-2)4-10(5-9,7-11)13(16)17/h3H,4-7H2,1-2H3/p+1/t9-,10+/m1/s1. The number of nitrogens with one attached hydrogen (secondary N) is 1. The smallest absolute Gasteiger partial charge is 0.298 e. The van der Waals surface area contributed by atoms with Crippen LogP contribution in [0, 0.1) is 20.2 Å². The molecule has 18 heavy (non-hydrogen) atoms. The highest BCUT2D eigenvalue weighted by molar-refractivity contribution is 5.18. The molecule has 1 heterocycles. The number of methoxy groups -OCH3 is 1. The fourth-order valence-corrected chi connectivity index (χ4v) is 3.25. The highest BCUT2D eigenvalue weighted by Gasteiger charge is 2.66. The van der Waals surface area contributed by atoms with E-state index in [2.05, 4.69) is 0 Å². The molecule has 0 aromatic rings. The summed E-state index contributed by atoms with van der Waals surface area (Å²) < 4.78 is 5.06. The van der Waals surface area contributed by atoms with Crippen molar-refractivity contribution in [3.8, 4) is 0 Å². The molecule has 2 rings (SSSR count). The lowest BCUT2D eigenvalue weighted by Gasteiger charge is -2.41. The maximum absolute atomic E-state index is 11.3. The zero-order valence-corrected chi connectivity index (χ0v) is 10.3. The summed E-state index contributed by atoms with van der Waals surface area (Å²) in [5.74, 6) is 0.349. The Kier molecular flexibility index (Phi) is 2.77. The molecule has 1 N–H and O–H groups in total. The first kappa shape index (κ1) is 12.7. The van der Waals surface area contributed by atoms with Crippen molar-refractivity contribution in [3.63, 3.8) is 0 Å². The molecular weight excluding hydrogens is 242 g/mol. The molecule has 1 aliphatic heterocycles. The van der Waals surface area contributed by atoms with Crippen LogP contribution in [0.4, 0.5) is 0 Å². The first-order chi connectivity index (χ1) is 8.33. The number of quaternary nitrogens is 1. The number of likely N-dealkylation sites (N-methyl/N-ethyl adjacent to an activating group) is 1. The van der Waals surface area contributed by atoms with Crippen molar-refractivity contribution < 1.29 is 19.5 Å². The van der Waals surface area contributed by atoms with Crippen LogP contribution in [0.15, 0.2) is 11.8 Å². The number of hydrogen-bond donors (Lipinski definition) is 1. The molecule has 0 spiro atoms. The molecule has 2 aliphatic rings. The van der Waals surface area contributed by atoms with Crippen LogP contribution in [0.2, 0.25) is 0 Å². The van der Waals surface area contributed by atoms with Crippen LogP contribution in [0.25, 0.3) is 0 Å². The molecule has 1 fully saturated rings. The molecule has 1 unspecified atom stereocenters. The number of nitro groups is 2. The van der Waals surface area contributed by atoms with Gasteiger partial charge in [0, 0.05) is 15.9 Å². The van der Waals surface area contributed by atoms with Crippen molar-refractivity contribution in [2.24, 2.45) is 0 Å². The molecular formula is C10H16N3O5+. The van der Waals surface area contributed by atoms with Crippen LogP contribution < -0.4 is 4.90 Å². The van der Waals surface area contributed by atoms with E-state index < -0.39 is 16.0 Å². The van der Waals surface area contributed by atoms with Crippen LogP contribution >= 0.6 is 0 Å². The molecule has 0 amide bonds. The van der Waals surface area contributed by atoms with Crippen molar-refractivity contribution in [2.75, 3.05) is 27.2 Å². The topological polar surface area (TPSA) is 100.0 Å². The van der Waals surface area contributed by atoms with Gasteiger partial charge in [0.15, 0.2) is 6.54 Å². The van der Waals surface area contributed by atoms with Gasteiger partial charge in [0.25, 0.3) is 11.1 Å². The highest BCUT2D eigenvalue weighted by atomic mass is 16.6. The highest BCUT2D eigenvalue weighted by Crippen LogP contribution is 2.39. The Balaban J connectivity index is 2.52. The summed E-state index contributed by atoms with van der Waals surface area (Å²) in [7, 11) is 3.14. The Labute approximate surface area is 104 Å². The van der Waals surface area contributed by atoms with Gasteiger partial charge in [0.1, 0.15) is 18.7 Å². The molecule has 3 atom stereocenters. The predicted octanol–water partition coefficient (Wildman–Crippen LogP) is -1.13. The molecule has 0 aromatic carbocycles. The summed E-state index contributed by atoms with van der Waals surface area (Å²) in [5, 5.41) is 22.7. The van der Waals surface area contributed by atoms with Crippen LogP contribution in [0.5, 0.6) is 0 Å². The maximum atomic E-state index is 11.3. The fraction of sp³-hybridized carbons (Fsp3) is 0.800. The first-order valence-electron chi connectivity index (χ1n) is 5.70. The molecule has 0 aromatic heterocycles. The second-order valence-corrected chi connectivity index (χ2v) is 5.32. The van der Waals surface area contributed by atoms with Gasteiger partial charge in [-0.2, -0.15) is 0 Å². The summed E-state index contributed by atoms with van der Waals surface area (Å²) in [4.78, 5) is 22.7. The Morgan fingerprint density at radius 1 is 1.33 bits per heavy atom. The second-order valence-electron chi connectivity index (χ2n) is 5.32. The number of piperidine rings is 1. The van der Waals surface area contributed by atoms with Gasteiger partial charge < -0.3 is 9.64 Å². The molecule has 1 aliphatic carbocycles. The lowest BCUT2D eigenvalue weighted by atomic mass is 9.71. The monoisotopic (exact) mass is 258 g/mol. The van der Waals surface area contributed by atoms with Crippen molar-refractivity contribution >= 4 is 0 Å². The lowest BCUT2D eigenvalue weighted by molar-refractivity contribution is -0.926. The van der Waals surface area contributed by atoms with E-state index in [1.807, 2.05) is 0 Å². The SMILES string of the molecule is COC1=C[C@]2([N+](=O)[O-])C[NH+](C)C[C@]([N+](=O)[O-])(C1)C2. The molecule has 1 saturated heterocycles. The van der Waals surface area contributed by atoms with Crippen LogP contribution in [0.1, 0.15) is 12.8 Å². The summed E-state index contributed by atoms with van der Waals surface area (Å²) in [6.45, 7) is 0.540. The average molecular weight is 258 g/mol. The van der Waals surface area contributed by atoms with Crippen molar-refractivity contribution in [2.45, 2.75) is 23.9 Å². The Hall–Kier alpha value is -1.70. The van der Waals surface area contributed by atoms with Gasteiger partial charge in [0.05, 0.1) is 20.6 Å². The quantitative estimate of drug-likeness (QED) is 0.510. The van der Waals surface area contributed by atoms with Gasteiger partial charge in [-0.3, -0.25) is 20.2 Å². The van der Waals surface area contributed by atoms with E-state index in [-0.39, 0.29) is 30.9 Å². The van der Waals surface area contributed by atoms with Crippen molar-refractivity contribution in [1.82, 2.24) is 0 Å². The third-order valence-electron chi connectivity index (χ3n) is 3.82. The molecule has 8 heteroatoms. The fourth-order valence-electron chi connectivity index (χ4n) is 3.25. The number of likely N-dealkylation sites (tertiary alicyclic amines) is 1. The van der Waals surface area contributed by atoms with Gasteiger partial charge in [0.2, 0.25) is 0 Å². The number of ether oxygens (including phenoxy) is 1. The number of hydrogen-bond acceptors (Lipinski definition) is 5. The second kappa shape index (κ2) is 3.91. The summed E-state index contributed by atoms with van der Waals surface area (Å²) in [6, 6.07) is 0. The van der Waals surface area contributed by atoms with Crippen LogP contribution in [-0.2, 0) is 4.74 Å². The van der Waals surface area contributed by atoms with Gasteiger partial charge >= 0.3 is 0 Å². The van der Waals surface area contributed by atoms with Gasteiger partial charge in [-0.25, -0.2) is 0 Å². The normalized spacial score (nSPS) is 38.8. The van der Waals surface area contributed by atoms with Gasteiger partial charge in [-0.15, -0.1) is 0 Å². The predicted molar refractivity (Wildman–Crippen MR) is 60.4 cm³/mol. The number of nitrogens with zero attached hydrogens (tertiary/aromatic N) is 2. The zero-order valence-electron chi connectivity index (χ0n) is 10.3. The minimum atomic E-state index is -1.38. The Morgan fingerprint density at radius 3 is 2.50 bits per heavy atom. The summed E-state index contributed by atoms with van der Waals surface area (Å²) >= 11 is 0. The number of rotatable bonds is 3. The van der Waals surface area contributed by atoms with E-state index in [9.17, 15) is 20.2 Å². The summed E-state index contributed by atoms with van der Waals surface area (Å²) in [5.41, 5.74) is -2.66. The molecule has 2 bridgehead atoms. The first-order valence-corrected chi connectivity index (χ1v) is 5.70. The third-order valence-corrected chi connectivity index (χ3v) is 3.82. The van der Waals surface area contributed by atoms with E-state index in [0.29, 0.717) is 5.76 Å². The molecule has 100 valence electrons.